The molecule has 0 aromatic heterocycles. The fourth-order valence-corrected chi connectivity index (χ4v) is 1.76. The molecule has 0 aliphatic carbocycles. The summed E-state index contributed by atoms with van der Waals surface area (Å²) in [5, 5.41) is 9.20. The van der Waals surface area contributed by atoms with E-state index in [4.69, 9.17) is 21.6 Å². The van der Waals surface area contributed by atoms with Crippen LogP contribution in [0.5, 0.6) is 5.75 Å². The molecule has 0 aliphatic rings. The first-order valence-corrected chi connectivity index (χ1v) is 4.76. The third-order valence-corrected chi connectivity index (χ3v) is 2.24. The Morgan fingerprint density at radius 2 is 2.21 bits per heavy atom. The van der Waals surface area contributed by atoms with Crippen molar-refractivity contribution in [2.24, 2.45) is 0 Å². The van der Waals surface area contributed by atoms with E-state index in [0.717, 1.165) is 16.9 Å². The van der Waals surface area contributed by atoms with E-state index in [1.165, 1.54) is 0 Å². The number of hydrogen-bond donors (Lipinski definition) is 0. The molecule has 2 nitrogen and oxygen atoms in total. The molecule has 0 atom stereocenters. The van der Waals surface area contributed by atoms with Crippen molar-refractivity contribution in [2.75, 3.05) is 7.11 Å². The third-order valence-electron chi connectivity index (χ3n) is 2.03. The van der Waals surface area contributed by atoms with Crippen LogP contribution in [0.25, 0.3) is 0 Å². The minimum absolute atomic E-state index is 0.482. The van der Waals surface area contributed by atoms with Crippen LogP contribution >= 0.6 is 11.6 Å². The lowest BCUT2D eigenvalue weighted by Crippen LogP contribution is -1.95. The second kappa shape index (κ2) is 4.88. The predicted molar refractivity (Wildman–Crippen MR) is 56.7 cm³/mol. The summed E-state index contributed by atoms with van der Waals surface area (Å²) >= 11 is 5.92. The minimum atomic E-state index is 0.482. The van der Waals surface area contributed by atoms with Gasteiger partial charge in [0.1, 0.15) is 5.75 Å². The van der Waals surface area contributed by atoms with E-state index in [1.54, 1.807) is 7.11 Å². The van der Waals surface area contributed by atoms with Gasteiger partial charge in [0, 0.05) is 11.4 Å². The van der Waals surface area contributed by atoms with Gasteiger partial charge in [-0.1, -0.05) is 11.6 Å². The van der Waals surface area contributed by atoms with Gasteiger partial charge >= 0.3 is 0 Å². The van der Waals surface area contributed by atoms with Crippen LogP contribution in [0.1, 0.15) is 17.5 Å². The summed E-state index contributed by atoms with van der Waals surface area (Å²) in [6.45, 7) is 1.95. The molecule has 1 aromatic carbocycles. The summed E-state index contributed by atoms with van der Waals surface area (Å²) in [5.74, 6) is 0.838. The van der Waals surface area contributed by atoms with E-state index in [2.05, 4.69) is 6.07 Å². The van der Waals surface area contributed by atoms with Gasteiger partial charge in [-0.05, 0) is 36.6 Å². The van der Waals surface area contributed by atoms with Crippen LogP contribution in [0, 0.1) is 18.3 Å². The van der Waals surface area contributed by atoms with Crippen molar-refractivity contribution in [1.29, 1.82) is 5.26 Å². The molecular formula is C11H12ClNO. The molecule has 0 saturated carbocycles. The maximum Gasteiger partial charge on any atom is 0.125 e. The van der Waals surface area contributed by atoms with Crippen molar-refractivity contribution in [3.8, 4) is 11.8 Å². The van der Waals surface area contributed by atoms with E-state index >= 15 is 0 Å². The quantitative estimate of drug-likeness (QED) is 0.767. The summed E-state index contributed by atoms with van der Waals surface area (Å²) in [6, 6.07) is 5.82. The van der Waals surface area contributed by atoms with Crippen LogP contribution < -0.4 is 4.74 Å². The lowest BCUT2D eigenvalue weighted by Gasteiger charge is -2.10. The first-order chi connectivity index (χ1) is 6.69. The number of benzene rings is 1. The van der Waals surface area contributed by atoms with Crippen molar-refractivity contribution in [2.45, 2.75) is 19.8 Å². The largest absolute Gasteiger partial charge is 0.496 e. The summed E-state index contributed by atoms with van der Waals surface area (Å²) in [5.41, 5.74) is 2.01. The Balaban J connectivity index is 3.06. The Labute approximate surface area is 89.1 Å². The summed E-state index contributed by atoms with van der Waals surface area (Å²) < 4.78 is 5.26. The highest BCUT2D eigenvalue weighted by Crippen LogP contribution is 2.28. The molecule has 0 N–H and O–H groups in total. The topological polar surface area (TPSA) is 33.0 Å². The molecule has 0 amide bonds. The molecule has 0 bridgehead atoms. The Morgan fingerprint density at radius 3 is 2.79 bits per heavy atom. The zero-order chi connectivity index (χ0) is 10.6. The predicted octanol–water partition coefficient (Wildman–Crippen LogP) is 3.11. The van der Waals surface area contributed by atoms with Gasteiger partial charge in [-0.15, -0.1) is 0 Å². The fraction of sp³-hybridized carbons (Fsp3) is 0.364. The number of hydrogen-bond acceptors (Lipinski definition) is 2. The molecule has 0 heterocycles. The van der Waals surface area contributed by atoms with Gasteiger partial charge in [0.25, 0.3) is 0 Å². The number of methoxy groups -OCH3 is 1. The van der Waals surface area contributed by atoms with Crippen LogP contribution in [-0.4, -0.2) is 7.11 Å². The maximum absolute atomic E-state index is 8.51. The molecule has 1 rings (SSSR count). The van der Waals surface area contributed by atoms with E-state index < -0.39 is 0 Å². The van der Waals surface area contributed by atoms with Gasteiger partial charge < -0.3 is 4.74 Å². The maximum atomic E-state index is 8.51. The molecule has 0 saturated heterocycles. The SMILES string of the molecule is COc1c(C)cc(Cl)cc1CCC#N. The monoisotopic (exact) mass is 209 g/mol. The van der Waals surface area contributed by atoms with Crippen LogP contribution in [0.4, 0.5) is 0 Å². The average Bonchev–Trinajstić information content (AvgIpc) is 2.14. The van der Waals surface area contributed by atoms with Crippen LogP contribution in [-0.2, 0) is 6.42 Å². The lowest BCUT2D eigenvalue weighted by atomic mass is 10.1. The number of aryl methyl sites for hydroxylation is 2. The second-order valence-electron chi connectivity index (χ2n) is 3.07. The first kappa shape index (κ1) is 10.9. The molecule has 0 spiro atoms. The zero-order valence-electron chi connectivity index (χ0n) is 8.30. The smallest absolute Gasteiger partial charge is 0.125 e. The number of nitriles is 1. The Hall–Kier alpha value is -1.20. The second-order valence-corrected chi connectivity index (χ2v) is 3.51. The van der Waals surface area contributed by atoms with Gasteiger partial charge in [-0.3, -0.25) is 0 Å². The Bertz CT molecular complexity index is 368. The minimum Gasteiger partial charge on any atom is -0.496 e. The molecule has 3 heteroatoms. The molecule has 14 heavy (non-hydrogen) atoms. The number of ether oxygens (including phenoxy) is 1. The van der Waals surface area contributed by atoms with Crippen molar-refractivity contribution in [3.05, 3.63) is 28.3 Å². The molecule has 74 valence electrons. The van der Waals surface area contributed by atoms with E-state index in [0.29, 0.717) is 17.9 Å². The zero-order valence-corrected chi connectivity index (χ0v) is 9.06. The molecule has 0 aliphatic heterocycles. The number of nitrogens with zero attached hydrogens (tertiary/aromatic N) is 1. The first-order valence-electron chi connectivity index (χ1n) is 4.39. The van der Waals surface area contributed by atoms with Crippen LogP contribution in [0.2, 0.25) is 5.02 Å². The van der Waals surface area contributed by atoms with Gasteiger partial charge in [0.15, 0.2) is 0 Å². The van der Waals surface area contributed by atoms with Gasteiger partial charge in [-0.25, -0.2) is 0 Å². The van der Waals surface area contributed by atoms with Gasteiger partial charge in [0.05, 0.1) is 13.2 Å². The van der Waals surface area contributed by atoms with E-state index in [-0.39, 0.29) is 0 Å². The van der Waals surface area contributed by atoms with Crippen molar-refractivity contribution in [1.82, 2.24) is 0 Å². The fourth-order valence-electron chi connectivity index (χ4n) is 1.47. The Morgan fingerprint density at radius 1 is 1.50 bits per heavy atom. The van der Waals surface area contributed by atoms with E-state index in [9.17, 15) is 0 Å². The van der Waals surface area contributed by atoms with E-state index in [1.807, 2.05) is 19.1 Å². The molecule has 0 unspecified atom stereocenters. The van der Waals surface area contributed by atoms with Crippen LogP contribution in [0.3, 0.4) is 0 Å². The molecule has 1 aromatic rings. The summed E-state index contributed by atoms with van der Waals surface area (Å²) in [6.07, 6.45) is 1.16. The summed E-state index contributed by atoms with van der Waals surface area (Å²) in [4.78, 5) is 0. The lowest BCUT2D eigenvalue weighted by molar-refractivity contribution is 0.406. The van der Waals surface area contributed by atoms with Gasteiger partial charge in [-0.2, -0.15) is 5.26 Å². The summed E-state index contributed by atoms with van der Waals surface area (Å²) in [7, 11) is 1.63. The highest BCUT2D eigenvalue weighted by molar-refractivity contribution is 6.30. The molecule has 0 radical (unpaired) electrons. The normalized spacial score (nSPS) is 9.57. The average molecular weight is 210 g/mol. The Kier molecular flexibility index (Phi) is 3.79. The van der Waals surface area contributed by atoms with Gasteiger partial charge in [0.2, 0.25) is 0 Å². The number of rotatable bonds is 3. The number of halogens is 1. The third kappa shape index (κ3) is 2.40. The molecular weight excluding hydrogens is 198 g/mol. The van der Waals surface area contributed by atoms with Crippen molar-refractivity contribution in [3.63, 3.8) is 0 Å². The van der Waals surface area contributed by atoms with Crippen LogP contribution in [0.15, 0.2) is 12.1 Å². The van der Waals surface area contributed by atoms with Crippen molar-refractivity contribution >= 4 is 11.6 Å². The molecule has 0 fully saturated rings. The van der Waals surface area contributed by atoms with Crippen molar-refractivity contribution < 1.29 is 4.74 Å². The standard InChI is InChI=1S/C11H12ClNO/c1-8-6-10(12)7-9(4-3-5-13)11(8)14-2/h6-7H,3-4H2,1-2H3. The highest BCUT2D eigenvalue weighted by Gasteiger charge is 2.07. The highest BCUT2D eigenvalue weighted by atomic mass is 35.5.